The Hall–Kier alpha value is -0.550. The number of nitrogens with zero attached hydrogens (tertiary/aromatic N) is 1. The fourth-order valence-corrected chi connectivity index (χ4v) is 1.97. The summed E-state index contributed by atoms with van der Waals surface area (Å²) < 4.78 is 0. The van der Waals surface area contributed by atoms with E-state index in [0.29, 0.717) is 6.54 Å². The van der Waals surface area contributed by atoms with Crippen LogP contribution in [-0.4, -0.2) is 42.5 Å². The molecule has 3 nitrogen and oxygen atoms in total. The van der Waals surface area contributed by atoms with E-state index in [9.17, 15) is 0 Å². The molecular weight excluding hydrogens is 220 g/mol. The average molecular weight is 240 g/mol. The van der Waals surface area contributed by atoms with Crippen LogP contribution in [0.1, 0.15) is 5.56 Å². The summed E-state index contributed by atoms with van der Waals surface area (Å²) >= 11 is 1.74. The van der Waals surface area contributed by atoms with Crippen molar-refractivity contribution in [1.29, 1.82) is 0 Å². The Kier molecular flexibility index (Phi) is 5.84. The smallest absolute Gasteiger partial charge is 0.0595 e. The van der Waals surface area contributed by atoms with Crippen molar-refractivity contribution in [2.75, 3.05) is 26.5 Å². The van der Waals surface area contributed by atoms with Gasteiger partial charge >= 0.3 is 0 Å². The van der Waals surface area contributed by atoms with Crippen LogP contribution in [0.5, 0.6) is 0 Å². The van der Waals surface area contributed by atoms with E-state index in [2.05, 4.69) is 35.4 Å². The van der Waals surface area contributed by atoms with E-state index in [1.165, 1.54) is 10.5 Å². The maximum Gasteiger partial charge on any atom is 0.0595 e. The third kappa shape index (κ3) is 4.53. The number of likely N-dealkylation sites (N-methyl/N-ethyl adjacent to an activating group) is 1. The van der Waals surface area contributed by atoms with Gasteiger partial charge < -0.3 is 15.7 Å². The summed E-state index contributed by atoms with van der Waals surface area (Å²) in [4.78, 5) is 3.40. The zero-order chi connectivity index (χ0) is 12.0. The van der Waals surface area contributed by atoms with E-state index >= 15 is 0 Å². The van der Waals surface area contributed by atoms with Crippen LogP contribution in [0.25, 0.3) is 0 Å². The van der Waals surface area contributed by atoms with Crippen molar-refractivity contribution in [2.45, 2.75) is 17.5 Å². The van der Waals surface area contributed by atoms with Crippen molar-refractivity contribution in [3.8, 4) is 0 Å². The molecule has 0 saturated carbocycles. The number of aliphatic hydroxyl groups excluding tert-OH is 1. The topological polar surface area (TPSA) is 49.5 Å². The van der Waals surface area contributed by atoms with Crippen molar-refractivity contribution < 1.29 is 5.11 Å². The molecule has 16 heavy (non-hydrogen) atoms. The first-order valence-corrected chi connectivity index (χ1v) is 6.56. The minimum atomic E-state index is -0.157. The van der Waals surface area contributed by atoms with Crippen molar-refractivity contribution in [2.24, 2.45) is 5.73 Å². The lowest BCUT2D eigenvalue weighted by atomic mass is 10.2. The molecule has 1 unspecified atom stereocenters. The number of nitrogens with two attached hydrogens (primary N) is 1. The summed E-state index contributed by atoms with van der Waals surface area (Å²) in [6, 6.07) is 8.36. The second kappa shape index (κ2) is 6.91. The second-order valence-electron chi connectivity index (χ2n) is 3.99. The Morgan fingerprint density at radius 2 is 2.00 bits per heavy atom. The van der Waals surface area contributed by atoms with Crippen LogP contribution >= 0.6 is 11.8 Å². The Labute approximate surface area is 102 Å². The number of aliphatic hydroxyl groups is 1. The molecule has 0 aromatic heterocycles. The predicted molar refractivity (Wildman–Crippen MR) is 69.6 cm³/mol. The van der Waals surface area contributed by atoms with Crippen LogP contribution in [-0.2, 0) is 6.54 Å². The summed E-state index contributed by atoms with van der Waals surface area (Å²) in [6.45, 7) is 1.61. The van der Waals surface area contributed by atoms with Gasteiger partial charge in [0.25, 0.3) is 0 Å². The first-order chi connectivity index (χ1) is 7.65. The van der Waals surface area contributed by atoms with E-state index in [0.717, 1.165) is 6.54 Å². The Morgan fingerprint density at radius 1 is 1.38 bits per heavy atom. The van der Waals surface area contributed by atoms with Gasteiger partial charge in [-0.1, -0.05) is 12.1 Å². The van der Waals surface area contributed by atoms with Crippen LogP contribution in [0.4, 0.5) is 0 Å². The van der Waals surface area contributed by atoms with Crippen LogP contribution in [0.3, 0.4) is 0 Å². The van der Waals surface area contributed by atoms with Gasteiger partial charge in [0, 0.05) is 24.0 Å². The lowest BCUT2D eigenvalue weighted by Crippen LogP contribution is -2.37. The number of hydrogen-bond donors (Lipinski definition) is 2. The molecule has 1 aromatic rings. The van der Waals surface area contributed by atoms with Gasteiger partial charge in [0.15, 0.2) is 0 Å². The second-order valence-corrected chi connectivity index (χ2v) is 4.87. The van der Waals surface area contributed by atoms with Gasteiger partial charge in [-0.3, -0.25) is 0 Å². The summed E-state index contributed by atoms with van der Waals surface area (Å²) in [5.74, 6) is 0. The SMILES string of the molecule is CSc1ccc(CN(C)CC(N)CO)cc1. The van der Waals surface area contributed by atoms with E-state index < -0.39 is 0 Å². The summed E-state index contributed by atoms with van der Waals surface area (Å²) in [5, 5.41) is 8.86. The first-order valence-electron chi connectivity index (χ1n) is 5.33. The normalized spacial score (nSPS) is 13.1. The summed E-state index contributed by atoms with van der Waals surface area (Å²) in [5.41, 5.74) is 6.95. The maximum absolute atomic E-state index is 8.86. The number of rotatable bonds is 6. The minimum absolute atomic E-state index is 0.0375. The molecule has 4 heteroatoms. The van der Waals surface area contributed by atoms with Gasteiger partial charge in [-0.05, 0) is 31.0 Å². The maximum atomic E-state index is 8.86. The van der Waals surface area contributed by atoms with Gasteiger partial charge in [0.2, 0.25) is 0 Å². The quantitative estimate of drug-likeness (QED) is 0.733. The highest BCUT2D eigenvalue weighted by Crippen LogP contribution is 2.15. The number of hydrogen-bond acceptors (Lipinski definition) is 4. The van der Waals surface area contributed by atoms with Crippen LogP contribution in [0, 0.1) is 0 Å². The molecule has 1 atom stereocenters. The third-order valence-electron chi connectivity index (χ3n) is 2.39. The fraction of sp³-hybridized carbons (Fsp3) is 0.500. The highest BCUT2D eigenvalue weighted by Gasteiger charge is 2.05. The highest BCUT2D eigenvalue weighted by molar-refractivity contribution is 7.98. The molecule has 1 rings (SSSR count). The van der Waals surface area contributed by atoms with Crippen molar-refractivity contribution >= 4 is 11.8 Å². The van der Waals surface area contributed by atoms with Gasteiger partial charge in [-0.25, -0.2) is 0 Å². The van der Waals surface area contributed by atoms with Crippen molar-refractivity contribution in [1.82, 2.24) is 4.90 Å². The molecule has 0 heterocycles. The zero-order valence-electron chi connectivity index (χ0n) is 9.89. The number of thioether (sulfide) groups is 1. The van der Waals surface area contributed by atoms with Gasteiger partial charge in [0.05, 0.1) is 6.61 Å². The summed E-state index contributed by atoms with van der Waals surface area (Å²) in [7, 11) is 2.01. The van der Waals surface area contributed by atoms with Gasteiger partial charge in [-0.2, -0.15) is 0 Å². The summed E-state index contributed by atoms with van der Waals surface area (Å²) in [6.07, 6.45) is 2.07. The molecule has 0 aliphatic carbocycles. The monoisotopic (exact) mass is 240 g/mol. The first kappa shape index (κ1) is 13.5. The van der Waals surface area contributed by atoms with Gasteiger partial charge in [-0.15, -0.1) is 11.8 Å². The largest absolute Gasteiger partial charge is 0.395 e. The lowest BCUT2D eigenvalue weighted by molar-refractivity contribution is 0.218. The highest BCUT2D eigenvalue weighted by atomic mass is 32.2. The molecule has 0 aliphatic heterocycles. The molecule has 0 radical (unpaired) electrons. The van der Waals surface area contributed by atoms with Crippen molar-refractivity contribution in [3.05, 3.63) is 29.8 Å². The lowest BCUT2D eigenvalue weighted by Gasteiger charge is -2.20. The Bertz CT molecular complexity index is 302. The number of benzene rings is 1. The molecule has 0 saturated heterocycles. The van der Waals surface area contributed by atoms with Crippen LogP contribution < -0.4 is 5.73 Å². The fourth-order valence-electron chi connectivity index (χ4n) is 1.57. The zero-order valence-corrected chi connectivity index (χ0v) is 10.7. The van der Waals surface area contributed by atoms with E-state index in [-0.39, 0.29) is 12.6 Å². The molecule has 0 aliphatic rings. The van der Waals surface area contributed by atoms with E-state index in [1.807, 2.05) is 7.05 Å². The Balaban J connectivity index is 2.46. The predicted octanol–water partition coefficient (Wildman–Crippen LogP) is 1.16. The van der Waals surface area contributed by atoms with Crippen molar-refractivity contribution in [3.63, 3.8) is 0 Å². The molecule has 1 aromatic carbocycles. The van der Waals surface area contributed by atoms with Gasteiger partial charge in [0.1, 0.15) is 0 Å². The van der Waals surface area contributed by atoms with Crippen LogP contribution in [0.2, 0.25) is 0 Å². The molecular formula is C12H20N2OS. The molecule has 0 fully saturated rings. The molecule has 90 valence electrons. The average Bonchev–Trinajstić information content (AvgIpc) is 2.29. The molecule has 0 bridgehead atoms. The molecule has 0 spiro atoms. The minimum Gasteiger partial charge on any atom is -0.395 e. The molecule has 0 amide bonds. The standard InChI is InChI=1S/C12H20N2OS/c1-14(8-11(13)9-15)7-10-3-5-12(16-2)6-4-10/h3-6,11,15H,7-9,13H2,1-2H3. The van der Waals surface area contributed by atoms with Crippen LogP contribution in [0.15, 0.2) is 29.2 Å². The van der Waals surface area contributed by atoms with E-state index in [4.69, 9.17) is 10.8 Å². The third-order valence-corrected chi connectivity index (χ3v) is 3.14. The molecule has 3 N–H and O–H groups in total. The Morgan fingerprint density at radius 3 is 2.50 bits per heavy atom. The van der Waals surface area contributed by atoms with E-state index in [1.54, 1.807) is 11.8 Å².